The Kier molecular flexibility index (Phi) is 3.10. The van der Waals surface area contributed by atoms with Crippen LogP contribution in [0.5, 0.6) is 11.5 Å². The molecule has 0 amide bonds. The van der Waals surface area contributed by atoms with E-state index in [9.17, 15) is 27.8 Å². The number of rotatable bonds is 3. The van der Waals surface area contributed by atoms with E-state index in [0.717, 1.165) is 12.1 Å². The van der Waals surface area contributed by atoms with E-state index in [4.69, 9.17) is 4.74 Å². The van der Waals surface area contributed by atoms with Gasteiger partial charge in [0, 0.05) is 17.5 Å². The summed E-state index contributed by atoms with van der Waals surface area (Å²) in [6, 6.07) is 2.16. The van der Waals surface area contributed by atoms with Crippen molar-refractivity contribution in [3.63, 3.8) is 0 Å². The third-order valence-corrected chi connectivity index (χ3v) is 2.74. The Labute approximate surface area is 99.6 Å². The number of halogens is 4. The number of alkyl halides is 4. The van der Waals surface area contributed by atoms with Crippen LogP contribution in [0.4, 0.5) is 17.6 Å². The molecule has 0 saturated heterocycles. The summed E-state index contributed by atoms with van der Waals surface area (Å²) >= 11 is 0. The second-order valence-electron chi connectivity index (χ2n) is 4.02. The van der Waals surface area contributed by atoms with Crippen LogP contribution in [-0.2, 0) is 6.42 Å². The van der Waals surface area contributed by atoms with Gasteiger partial charge >= 0.3 is 0 Å². The fourth-order valence-electron chi connectivity index (χ4n) is 1.95. The number of hydrogen-bond donors (Lipinski definition) is 2. The lowest BCUT2D eigenvalue weighted by Crippen LogP contribution is -2.21. The van der Waals surface area contributed by atoms with E-state index in [1.54, 1.807) is 0 Å². The Morgan fingerprint density at radius 2 is 2.06 bits per heavy atom. The summed E-state index contributed by atoms with van der Waals surface area (Å²) < 4.78 is 55.4. The van der Waals surface area contributed by atoms with Gasteiger partial charge in [-0.05, 0) is 12.1 Å². The Morgan fingerprint density at radius 3 is 2.67 bits per heavy atom. The van der Waals surface area contributed by atoms with E-state index in [-0.39, 0.29) is 16.9 Å². The highest BCUT2D eigenvalue weighted by atomic mass is 19.3. The Balaban J connectivity index is 2.37. The van der Waals surface area contributed by atoms with Crippen molar-refractivity contribution >= 4 is 0 Å². The smallest absolute Gasteiger partial charge is 0.281 e. The summed E-state index contributed by atoms with van der Waals surface area (Å²) in [7, 11) is 0. The molecule has 1 aromatic rings. The number of aliphatic hydroxyl groups is 1. The second-order valence-corrected chi connectivity index (χ2v) is 4.02. The fraction of sp³-hybridized carbons (Fsp3) is 0.455. The molecule has 1 aliphatic rings. The van der Waals surface area contributed by atoms with Crippen LogP contribution in [0.2, 0.25) is 0 Å². The van der Waals surface area contributed by atoms with E-state index in [2.05, 4.69) is 0 Å². The van der Waals surface area contributed by atoms with Crippen LogP contribution in [0.1, 0.15) is 17.2 Å². The summed E-state index contributed by atoms with van der Waals surface area (Å²) in [6.45, 7) is -0.932. The van der Waals surface area contributed by atoms with Crippen LogP contribution < -0.4 is 4.74 Å². The van der Waals surface area contributed by atoms with Gasteiger partial charge in [0.25, 0.3) is 12.3 Å². The number of aliphatic hydroxyl groups excluding tert-OH is 1. The van der Waals surface area contributed by atoms with Gasteiger partial charge in [0.2, 0.25) is 0 Å². The van der Waals surface area contributed by atoms with Crippen molar-refractivity contribution in [2.75, 3.05) is 6.61 Å². The lowest BCUT2D eigenvalue weighted by atomic mass is 10.1. The van der Waals surface area contributed by atoms with Gasteiger partial charge in [0.05, 0.1) is 0 Å². The zero-order valence-corrected chi connectivity index (χ0v) is 9.04. The molecule has 0 spiro atoms. The van der Waals surface area contributed by atoms with E-state index < -0.39 is 37.2 Å². The lowest BCUT2D eigenvalue weighted by Gasteiger charge is -2.13. The van der Waals surface area contributed by atoms with E-state index >= 15 is 0 Å². The minimum Gasteiger partial charge on any atom is -0.508 e. The molecule has 1 aromatic carbocycles. The largest absolute Gasteiger partial charge is 0.508 e. The molecule has 0 heterocycles. The van der Waals surface area contributed by atoms with Crippen molar-refractivity contribution in [2.45, 2.75) is 24.9 Å². The van der Waals surface area contributed by atoms with Crippen molar-refractivity contribution < 1.29 is 32.5 Å². The third-order valence-electron chi connectivity index (χ3n) is 2.74. The average molecular weight is 266 g/mol. The standard InChI is InChI=1S/C11H10F4O3/c12-8(13)4-18-7-2-1-6(16)9-5(7)3-11(14,15)10(9)17/h1-2,8,10,16-17H,3-4H2. The van der Waals surface area contributed by atoms with Crippen molar-refractivity contribution in [3.8, 4) is 11.5 Å². The normalized spacial score (nSPS) is 21.1. The van der Waals surface area contributed by atoms with Crippen molar-refractivity contribution in [1.82, 2.24) is 0 Å². The minimum absolute atomic E-state index is 0.131. The van der Waals surface area contributed by atoms with Crippen LogP contribution >= 0.6 is 0 Å². The molecule has 1 aliphatic carbocycles. The maximum atomic E-state index is 13.3. The third kappa shape index (κ3) is 2.10. The van der Waals surface area contributed by atoms with Crippen LogP contribution in [-0.4, -0.2) is 29.2 Å². The minimum atomic E-state index is -3.44. The molecule has 2 N–H and O–H groups in total. The molecular weight excluding hydrogens is 256 g/mol. The van der Waals surface area contributed by atoms with Gasteiger partial charge in [-0.2, -0.15) is 0 Å². The summed E-state index contributed by atoms with van der Waals surface area (Å²) in [5.74, 6) is -4.11. The molecule has 0 aromatic heterocycles. The molecule has 18 heavy (non-hydrogen) atoms. The number of phenolic OH excluding ortho intramolecular Hbond substituents is 1. The summed E-state index contributed by atoms with van der Waals surface area (Å²) in [5.41, 5.74) is -0.486. The van der Waals surface area contributed by atoms with Crippen LogP contribution in [0.15, 0.2) is 12.1 Å². The first-order valence-electron chi connectivity index (χ1n) is 5.14. The molecule has 1 unspecified atom stereocenters. The summed E-state index contributed by atoms with van der Waals surface area (Å²) in [6.07, 6.45) is -5.74. The molecule has 100 valence electrons. The number of benzene rings is 1. The van der Waals surface area contributed by atoms with Crippen molar-refractivity contribution in [3.05, 3.63) is 23.3 Å². The first-order valence-corrected chi connectivity index (χ1v) is 5.14. The van der Waals surface area contributed by atoms with Crippen LogP contribution in [0.25, 0.3) is 0 Å². The Morgan fingerprint density at radius 1 is 1.39 bits per heavy atom. The first-order chi connectivity index (χ1) is 8.33. The van der Waals surface area contributed by atoms with Gasteiger partial charge < -0.3 is 14.9 Å². The Bertz CT molecular complexity index is 462. The number of ether oxygens (including phenoxy) is 1. The first kappa shape index (κ1) is 12.9. The van der Waals surface area contributed by atoms with E-state index in [0.29, 0.717) is 0 Å². The molecule has 1 atom stereocenters. The van der Waals surface area contributed by atoms with Crippen LogP contribution in [0, 0.1) is 0 Å². The average Bonchev–Trinajstić information content (AvgIpc) is 2.50. The number of aromatic hydroxyl groups is 1. The van der Waals surface area contributed by atoms with Crippen LogP contribution in [0.3, 0.4) is 0 Å². The van der Waals surface area contributed by atoms with Crippen molar-refractivity contribution in [2.24, 2.45) is 0 Å². The predicted molar refractivity (Wildman–Crippen MR) is 53.2 cm³/mol. The quantitative estimate of drug-likeness (QED) is 0.825. The van der Waals surface area contributed by atoms with Crippen molar-refractivity contribution in [1.29, 1.82) is 0 Å². The van der Waals surface area contributed by atoms with Gasteiger partial charge in [-0.15, -0.1) is 0 Å². The number of phenols is 1. The SMILES string of the molecule is Oc1ccc(OCC(F)F)c2c1C(O)C(F)(F)C2. The molecule has 0 fully saturated rings. The Hall–Kier alpha value is -1.50. The van der Waals surface area contributed by atoms with E-state index in [1.807, 2.05) is 0 Å². The highest BCUT2D eigenvalue weighted by Gasteiger charge is 2.49. The maximum Gasteiger partial charge on any atom is 0.281 e. The van der Waals surface area contributed by atoms with E-state index in [1.165, 1.54) is 0 Å². The number of hydrogen-bond acceptors (Lipinski definition) is 3. The second kappa shape index (κ2) is 4.31. The molecule has 0 bridgehead atoms. The summed E-state index contributed by atoms with van der Waals surface area (Å²) in [5, 5.41) is 18.8. The molecule has 2 rings (SSSR count). The molecule has 3 nitrogen and oxygen atoms in total. The zero-order valence-electron chi connectivity index (χ0n) is 9.04. The highest BCUT2D eigenvalue weighted by molar-refractivity contribution is 5.53. The molecular formula is C11H10F4O3. The van der Waals surface area contributed by atoms with Gasteiger partial charge in [-0.25, -0.2) is 17.6 Å². The molecule has 0 saturated carbocycles. The fourth-order valence-corrected chi connectivity index (χ4v) is 1.95. The lowest BCUT2D eigenvalue weighted by molar-refractivity contribution is -0.0974. The maximum absolute atomic E-state index is 13.3. The van der Waals surface area contributed by atoms with Gasteiger partial charge in [-0.3, -0.25) is 0 Å². The number of fused-ring (bicyclic) bond motifs is 1. The van der Waals surface area contributed by atoms with Gasteiger partial charge in [0.15, 0.2) is 0 Å². The highest BCUT2D eigenvalue weighted by Crippen LogP contribution is 2.49. The monoisotopic (exact) mass is 266 g/mol. The molecule has 7 heteroatoms. The van der Waals surface area contributed by atoms with Gasteiger partial charge in [-0.1, -0.05) is 0 Å². The zero-order chi connectivity index (χ0) is 13.5. The van der Waals surface area contributed by atoms with Gasteiger partial charge in [0.1, 0.15) is 24.2 Å². The predicted octanol–water partition coefficient (Wildman–Crippen LogP) is 2.26. The molecule has 0 aliphatic heterocycles. The summed E-state index contributed by atoms with van der Waals surface area (Å²) in [4.78, 5) is 0. The molecule has 0 radical (unpaired) electrons. The topological polar surface area (TPSA) is 49.7 Å².